The fourth-order valence-electron chi connectivity index (χ4n) is 2.89. The smallest absolute Gasteiger partial charge is 0.351 e. The largest absolute Gasteiger partial charge is 0.416 e. The summed E-state index contributed by atoms with van der Waals surface area (Å²) >= 11 is 0. The Kier molecular flexibility index (Phi) is 5.78. The second-order valence-corrected chi connectivity index (χ2v) is 6.20. The van der Waals surface area contributed by atoms with Gasteiger partial charge in [-0.25, -0.2) is 0 Å². The number of halogens is 3. The number of alkyl halides is 3. The molecule has 2 aliphatic heterocycles. The van der Waals surface area contributed by atoms with Crippen LogP contribution in [0.2, 0.25) is 0 Å². The van der Waals surface area contributed by atoms with Gasteiger partial charge in [0.25, 0.3) is 0 Å². The van der Waals surface area contributed by atoms with Gasteiger partial charge in [-0.3, -0.25) is 0 Å². The summed E-state index contributed by atoms with van der Waals surface area (Å²) in [5.74, 6) is 0.198. The Balaban J connectivity index is 1.50. The molecule has 2 fully saturated rings. The van der Waals surface area contributed by atoms with Crippen molar-refractivity contribution < 1.29 is 32.1 Å². The Morgan fingerprint density at radius 2 is 1.52 bits per heavy atom. The van der Waals surface area contributed by atoms with Crippen LogP contribution in [-0.2, 0) is 25.1 Å². The van der Waals surface area contributed by atoms with Crippen molar-refractivity contribution in [2.75, 3.05) is 26.4 Å². The molecule has 0 bridgehead atoms. The van der Waals surface area contributed by atoms with Gasteiger partial charge in [-0.15, -0.1) is 0 Å². The van der Waals surface area contributed by atoms with Gasteiger partial charge in [0.2, 0.25) is 0 Å². The number of allylic oxidation sites excluding steroid dienone is 1. The van der Waals surface area contributed by atoms with Gasteiger partial charge in [-0.05, 0) is 19.1 Å². The Morgan fingerprint density at radius 3 is 2.04 bits per heavy atom. The van der Waals surface area contributed by atoms with Crippen molar-refractivity contribution in [3.8, 4) is 0 Å². The lowest BCUT2D eigenvalue weighted by Crippen LogP contribution is -2.42. The molecule has 0 spiro atoms. The van der Waals surface area contributed by atoms with Crippen molar-refractivity contribution in [1.29, 1.82) is 0 Å². The van der Waals surface area contributed by atoms with Crippen LogP contribution in [0.15, 0.2) is 36.4 Å². The maximum atomic E-state index is 12.6. The fraction of sp³-hybridized carbons (Fsp3) is 0.556. The summed E-state index contributed by atoms with van der Waals surface area (Å²) in [7, 11) is 0. The van der Waals surface area contributed by atoms with Crippen molar-refractivity contribution in [2.45, 2.75) is 25.7 Å². The molecule has 1 aromatic rings. The summed E-state index contributed by atoms with van der Waals surface area (Å²) in [4.78, 5) is 0. The molecule has 4 nitrogen and oxygen atoms in total. The van der Waals surface area contributed by atoms with E-state index in [9.17, 15) is 13.2 Å². The predicted molar refractivity (Wildman–Crippen MR) is 83.6 cm³/mol. The number of benzene rings is 1. The first-order valence-corrected chi connectivity index (χ1v) is 8.23. The van der Waals surface area contributed by atoms with Crippen LogP contribution in [0.5, 0.6) is 0 Å². The Morgan fingerprint density at radius 1 is 0.920 bits per heavy atom. The monoisotopic (exact) mass is 358 g/mol. The van der Waals surface area contributed by atoms with Crippen LogP contribution in [0.3, 0.4) is 0 Å². The lowest BCUT2D eigenvalue weighted by Gasteiger charge is -2.37. The quantitative estimate of drug-likeness (QED) is 0.767. The van der Waals surface area contributed by atoms with E-state index in [1.165, 1.54) is 12.1 Å². The van der Waals surface area contributed by atoms with Gasteiger partial charge in [0, 0.05) is 11.5 Å². The van der Waals surface area contributed by atoms with Crippen LogP contribution in [0.1, 0.15) is 24.3 Å². The molecular weight excluding hydrogens is 337 g/mol. The van der Waals surface area contributed by atoms with E-state index in [2.05, 4.69) is 0 Å². The molecule has 2 saturated heterocycles. The molecule has 138 valence electrons. The second kappa shape index (κ2) is 7.86. The molecule has 0 aromatic heterocycles. The van der Waals surface area contributed by atoms with Crippen molar-refractivity contribution in [2.24, 2.45) is 11.8 Å². The summed E-state index contributed by atoms with van der Waals surface area (Å²) in [5.41, 5.74) is -0.130. The minimum absolute atomic E-state index is 0.0581. The molecule has 0 N–H and O–H groups in total. The minimum atomic E-state index is -4.35. The van der Waals surface area contributed by atoms with Crippen LogP contribution in [0.4, 0.5) is 13.2 Å². The van der Waals surface area contributed by atoms with E-state index in [1.807, 2.05) is 19.1 Å². The van der Waals surface area contributed by atoms with Gasteiger partial charge in [0.05, 0.1) is 37.9 Å². The molecule has 25 heavy (non-hydrogen) atoms. The van der Waals surface area contributed by atoms with Crippen LogP contribution in [0.25, 0.3) is 0 Å². The van der Waals surface area contributed by atoms with E-state index in [0.29, 0.717) is 32.0 Å². The van der Waals surface area contributed by atoms with E-state index in [-0.39, 0.29) is 18.1 Å². The zero-order valence-electron chi connectivity index (χ0n) is 13.9. The molecule has 2 heterocycles. The zero-order valence-corrected chi connectivity index (χ0v) is 13.9. The molecule has 2 aliphatic rings. The summed E-state index contributed by atoms with van der Waals surface area (Å²) in [6, 6.07) is 4.82. The number of rotatable bonds is 3. The van der Waals surface area contributed by atoms with Crippen molar-refractivity contribution in [1.82, 2.24) is 0 Å². The van der Waals surface area contributed by atoms with Gasteiger partial charge >= 0.3 is 6.18 Å². The average molecular weight is 358 g/mol. The lowest BCUT2D eigenvalue weighted by molar-refractivity contribution is -0.280. The second-order valence-electron chi connectivity index (χ2n) is 6.20. The molecule has 7 heteroatoms. The van der Waals surface area contributed by atoms with Gasteiger partial charge < -0.3 is 18.9 Å². The van der Waals surface area contributed by atoms with Gasteiger partial charge in [-0.2, -0.15) is 13.2 Å². The maximum absolute atomic E-state index is 12.6. The van der Waals surface area contributed by atoms with E-state index in [1.54, 1.807) is 0 Å². The topological polar surface area (TPSA) is 36.9 Å². The molecule has 0 amide bonds. The van der Waals surface area contributed by atoms with E-state index in [0.717, 1.165) is 12.1 Å². The summed E-state index contributed by atoms with van der Waals surface area (Å²) in [6.07, 6.45) is -1.38. The fourth-order valence-corrected chi connectivity index (χ4v) is 2.89. The minimum Gasteiger partial charge on any atom is -0.351 e. The normalized spacial score (nSPS) is 31.4. The third-order valence-electron chi connectivity index (χ3n) is 4.23. The Hall–Kier alpha value is -1.41. The lowest BCUT2D eigenvalue weighted by atomic mass is 10.1. The van der Waals surface area contributed by atoms with Gasteiger partial charge in [0.15, 0.2) is 12.6 Å². The average Bonchev–Trinajstić information content (AvgIpc) is 2.62. The molecule has 0 atom stereocenters. The maximum Gasteiger partial charge on any atom is 0.416 e. The van der Waals surface area contributed by atoms with Crippen molar-refractivity contribution in [3.05, 3.63) is 47.5 Å². The van der Waals surface area contributed by atoms with E-state index >= 15 is 0 Å². The Labute approximate surface area is 144 Å². The molecule has 3 rings (SSSR count). The highest BCUT2D eigenvalue weighted by Gasteiger charge is 2.34. The molecular formula is C18H21F3O4. The first-order valence-electron chi connectivity index (χ1n) is 8.23. The summed E-state index contributed by atoms with van der Waals surface area (Å²) < 4.78 is 60.5. The van der Waals surface area contributed by atoms with Gasteiger partial charge in [0.1, 0.15) is 0 Å². The predicted octanol–water partition coefficient (Wildman–Crippen LogP) is 3.93. The molecule has 0 aliphatic carbocycles. The van der Waals surface area contributed by atoms with Gasteiger partial charge in [-0.1, -0.05) is 24.3 Å². The third-order valence-corrected chi connectivity index (χ3v) is 4.23. The highest BCUT2D eigenvalue weighted by Crippen LogP contribution is 2.32. The highest BCUT2D eigenvalue weighted by molar-refractivity contribution is 5.25. The van der Waals surface area contributed by atoms with E-state index < -0.39 is 18.0 Å². The molecule has 0 saturated carbocycles. The third kappa shape index (κ3) is 4.61. The zero-order chi connectivity index (χ0) is 17.9. The Bertz CT molecular complexity index is 569. The highest BCUT2D eigenvalue weighted by atomic mass is 19.4. The molecule has 0 unspecified atom stereocenters. The first-order chi connectivity index (χ1) is 12.0. The number of hydrogen-bond acceptors (Lipinski definition) is 4. The molecule has 1 aromatic carbocycles. The van der Waals surface area contributed by atoms with Crippen LogP contribution < -0.4 is 0 Å². The summed E-state index contributed by atoms with van der Waals surface area (Å²) in [5, 5.41) is 0. The summed E-state index contributed by atoms with van der Waals surface area (Å²) in [6.45, 7) is 3.87. The number of ether oxygens (including phenoxy) is 4. The SMILES string of the molecule is C/C=C/C1COC(C2COC(c3ccc(C(F)(F)F)cc3)OC2)OC1. The first kappa shape index (κ1) is 18.4. The van der Waals surface area contributed by atoms with Crippen LogP contribution in [-0.4, -0.2) is 32.7 Å². The van der Waals surface area contributed by atoms with Crippen molar-refractivity contribution >= 4 is 0 Å². The standard InChI is InChI=1S/C18H21F3O4/c1-2-3-12-8-22-17(23-9-12)14-10-24-16(25-11-14)13-4-6-15(7-5-13)18(19,20)21/h2-7,12,14,16-17H,8-11H2,1H3/b3-2+. The van der Waals surface area contributed by atoms with E-state index in [4.69, 9.17) is 18.9 Å². The van der Waals surface area contributed by atoms with Crippen molar-refractivity contribution in [3.63, 3.8) is 0 Å². The van der Waals surface area contributed by atoms with Crippen LogP contribution >= 0.6 is 0 Å². The molecule has 0 radical (unpaired) electrons. The van der Waals surface area contributed by atoms with Crippen LogP contribution in [0, 0.1) is 11.8 Å². The number of hydrogen-bond donors (Lipinski definition) is 0.